The van der Waals surface area contributed by atoms with Crippen molar-refractivity contribution in [2.24, 2.45) is 5.10 Å². The van der Waals surface area contributed by atoms with E-state index in [4.69, 9.17) is 5.73 Å². The summed E-state index contributed by atoms with van der Waals surface area (Å²) in [5.74, 6) is -0.489. The number of nitrogens with one attached hydrogen (secondary N) is 1. The third-order valence-electron chi connectivity index (χ3n) is 2.60. The number of nitrogens with zero attached hydrogens (tertiary/aromatic N) is 6. The minimum atomic E-state index is -0.491. The van der Waals surface area contributed by atoms with Crippen LogP contribution in [0.4, 0.5) is 11.6 Å². The van der Waals surface area contributed by atoms with Crippen molar-refractivity contribution in [3.8, 4) is 0 Å². The number of carbonyl (C=O) groups excluding carboxylic acids is 1. The second kappa shape index (κ2) is 6.39. The Balaban J connectivity index is 1.96. The Morgan fingerprint density at radius 3 is 2.68 bits per heavy atom. The van der Waals surface area contributed by atoms with E-state index < -0.39 is 10.8 Å². The van der Waals surface area contributed by atoms with Crippen molar-refractivity contribution < 1.29 is 9.72 Å². The molecule has 2 rings (SSSR count). The first kappa shape index (κ1) is 15.0. The molecule has 0 saturated heterocycles. The third kappa shape index (κ3) is 3.82. The third-order valence-corrected chi connectivity index (χ3v) is 2.60. The average molecular weight is 304 g/mol. The van der Waals surface area contributed by atoms with Gasteiger partial charge in [0.25, 0.3) is 17.5 Å². The number of anilines is 1. The molecule has 0 radical (unpaired) electrons. The van der Waals surface area contributed by atoms with Crippen molar-refractivity contribution >= 4 is 23.3 Å². The molecule has 0 aliphatic carbocycles. The number of aromatic nitrogens is 4. The van der Waals surface area contributed by atoms with E-state index in [1.54, 1.807) is 19.1 Å². The second-order valence-electron chi connectivity index (χ2n) is 4.21. The monoisotopic (exact) mass is 304 g/mol. The Hall–Kier alpha value is -3.37. The van der Waals surface area contributed by atoms with Gasteiger partial charge in [0.2, 0.25) is 0 Å². The van der Waals surface area contributed by atoms with Crippen LogP contribution in [0.15, 0.2) is 29.4 Å². The smallest absolute Gasteiger partial charge is 0.269 e. The van der Waals surface area contributed by atoms with Gasteiger partial charge in [0.1, 0.15) is 6.54 Å². The fourth-order valence-corrected chi connectivity index (χ4v) is 1.52. The molecule has 0 unspecified atom stereocenters. The molecule has 1 aromatic carbocycles. The molecule has 114 valence electrons. The summed E-state index contributed by atoms with van der Waals surface area (Å²) in [6.07, 6.45) is 0. The van der Waals surface area contributed by atoms with Crippen molar-refractivity contribution in [2.45, 2.75) is 13.5 Å². The number of tetrazole rings is 1. The Labute approximate surface area is 124 Å². The number of rotatable bonds is 5. The molecule has 11 heteroatoms. The van der Waals surface area contributed by atoms with E-state index in [0.717, 1.165) is 4.80 Å². The standard InChI is InChI=1S/C11H12N8O3/c1-7(8-2-4-9(5-3-8)19(21)22)13-14-10(20)6-18-16-11(12)15-17-18/h2-5H,6H2,1H3,(H2,12,16)(H,14,20)/b13-7+. The van der Waals surface area contributed by atoms with Crippen molar-refractivity contribution in [1.82, 2.24) is 25.6 Å². The van der Waals surface area contributed by atoms with E-state index >= 15 is 0 Å². The van der Waals surface area contributed by atoms with Crippen molar-refractivity contribution in [3.63, 3.8) is 0 Å². The summed E-state index contributed by atoms with van der Waals surface area (Å²) in [7, 11) is 0. The minimum Gasteiger partial charge on any atom is -0.365 e. The predicted molar refractivity (Wildman–Crippen MR) is 75.7 cm³/mol. The van der Waals surface area contributed by atoms with Gasteiger partial charge in [-0.05, 0) is 29.8 Å². The summed E-state index contributed by atoms with van der Waals surface area (Å²) in [6.45, 7) is 1.48. The molecule has 0 aliphatic heterocycles. The number of nitrogen functional groups attached to an aromatic ring is 1. The van der Waals surface area contributed by atoms with Crippen molar-refractivity contribution in [1.29, 1.82) is 0 Å². The lowest BCUT2D eigenvalue weighted by Crippen LogP contribution is -2.25. The normalized spacial score (nSPS) is 11.2. The number of amides is 1. The van der Waals surface area contributed by atoms with Gasteiger partial charge < -0.3 is 5.73 Å². The van der Waals surface area contributed by atoms with Gasteiger partial charge in [-0.15, -0.1) is 5.10 Å². The first-order valence-electron chi connectivity index (χ1n) is 6.07. The minimum absolute atomic E-state index is 0.0181. The highest BCUT2D eigenvalue weighted by Crippen LogP contribution is 2.12. The lowest BCUT2D eigenvalue weighted by Gasteiger charge is -2.02. The summed E-state index contributed by atoms with van der Waals surface area (Å²) in [4.78, 5) is 22.7. The number of carbonyl (C=O) groups is 1. The van der Waals surface area contributed by atoms with E-state index in [1.165, 1.54) is 12.1 Å². The Bertz CT molecular complexity index is 721. The maximum Gasteiger partial charge on any atom is 0.269 e. The molecule has 1 aromatic heterocycles. The highest BCUT2D eigenvalue weighted by Gasteiger charge is 2.07. The molecule has 1 amide bonds. The van der Waals surface area contributed by atoms with Crippen LogP contribution in [-0.4, -0.2) is 36.7 Å². The zero-order valence-electron chi connectivity index (χ0n) is 11.5. The number of hydrogen-bond acceptors (Lipinski definition) is 8. The van der Waals surface area contributed by atoms with Crippen LogP contribution in [0.5, 0.6) is 0 Å². The fraction of sp³-hybridized carbons (Fsp3) is 0.182. The first-order valence-corrected chi connectivity index (χ1v) is 6.07. The summed E-state index contributed by atoms with van der Waals surface area (Å²) >= 11 is 0. The summed E-state index contributed by atoms with van der Waals surface area (Å²) in [6, 6.07) is 5.81. The van der Waals surface area contributed by atoms with Gasteiger partial charge in [0.05, 0.1) is 10.6 Å². The Kier molecular flexibility index (Phi) is 4.36. The highest BCUT2D eigenvalue weighted by atomic mass is 16.6. The van der Waals surface area contributed by atoms with Gasteiger partial charge in [0.15, 0.2) is 0 Å². The molecular formula is C11H12N8O3. The van der Waals surface area contributed by atoms with Crippen LogP contribution >= 0.6 is 0 Å². The molecule has 3 N–H and O–H groups in total. The number of nitrogens with two attached hydrogens (primary N) is 1. The molecule has 22 heavy (non-hydrogen) atoms. The molecule has 0 atom stereocenters. The number of hydrazone groups is 1. The quantitative estimate of drug-likeness (QED) is 0.436. The van der Waals surface area contributed by atoms with Gasteiger partial charge in [-0.3, -0.25) is 14.9 Å². The fourth-order valence-electron chi connectivity index (χ4n) is 1.52. The molecule has 0 saturated carbocycles. The number of nitro groups is 1. The molecule has 0 spiro atoms. The van der Waals surface area contributed by atoms with Crippen molar-refractivity contribution in [2.75, 3.05) is 5.73 Å². The summed E-state index contributed by atoms with van der Waals surface area (Å²) < 4.78 is 0. The molecule has 0 aliphatic rings. The van der Waals surface area contributed by atoms with Crippen LogP contribution in [0, 0.1) is 10.1 Å². The molecular weight excluding hydrogens is 292 g/mol. The van der Waals surface area contributed by atoms with E-state index in [9.17, 15) is 14.9 Å². The zero-order valence-corrected chi connectivity index (χ0v) is 11.5. The largest absolute Gasteiger partial charge is 0.365 e. The topological polar surface area (TPSA) is 154 Å². The number of hydrogen-bond donors (Lipinski definition) is 2. The number of benzene rings is 1. The number of nitro benzene ring substituents is 1. The second-order valence-corrected chi connectivity index (χ2v) is 4.21. The van der Waals surface area contributed by atoms with Crippen LogP contribution in [-0.2, 0) is 11.3 Å². The Morgan fingerprint density at radius 2 is 2.14 bits per heavy atom. The van der Waals surface area contributed by atoms with Crippen LogP contribution in [0.3, 0.4) is 0 Å². The molecule has 0 fully saturated rings. The van der Waals surface area contributed by atoms with Crippen LogP contribution in [0.25, 0.3) is 0 Å². The lowest BCUT2D eigenvalue weighted by molar-refractivity contribution is -0.384. The van der Waals surface area contributed by atoms with Gasteiger partial charge in [-0.2, -0.15) is 9.90 Å². The Morgan fingerprint density at radius 1 is 1.45 bits per heavy atom. The maximum absolute atomic E-state index is 11.6. The maximum atomic E-state index is 11.6. The summed E-state index contributed by atoms with van der Waals surface area (Å²) in [5, 5.41) is 25.1. The SMILES string of the molecule is C/C(=N\NC(=O)Cn1nnc(N)n1)c1ccc([N+](=O)[O-])cc1. The van der Waals surface area contributed by atoms with E-state index in [0.29, 0.717) is 11.3 Å². The summed E-state index contributed by atoms with van der Waals surface area (Å²) in [5.41, 5.74) is 8.72. The highest BCUT2D eigenvalue weighted by molar-refractivity contribution is 5.99. The molecule has 11 nitrogen and oxygen atoms in total. The van der Waals surface area contributed by atoms with Crippen molar-refractivity contribution in [3.05, 3.63) is 39.9 Å². The van der Waals surface area contributed by atoms with Gasteiger partial charge >= 0.3 is 0 Å². The van der Waals surface area contributed by atoms with E-state index in [2.05, 4.69) is 25.9 Å². The van der Waals surface area contributed by atoms with Crippen LogP contribution in [0.1, 0.15) is 12.5 Å². The first-order chi connectivity index (χ1) is 10.5. The molecule has 1 heterocycles. The predicted octanol–water partition coefficient (Wildman–Crippen LogP) is -0.296. The van der Waals surface area contributed by atoms with Gasteiger partial charge in [0, 0.05) is 12.1 Å². The average Bonchev–Trinajstić information content (AvgIpc) is 2.90. The lowest BCUT2D eigenvalue weighted by atomic mass is 10.1. The molecule has 0 bridgehead atoms. The van der Waals surface area contributed by atoms with E-state index in [-0.39, 0.29) is 18.2 Å². The van der Waals surface area contributed by atoms with Crippen LogP contribution < -0.4 is 11.2 Å². The zero-order chi connectivity index (χ0) is 16.1. The van der Waals surface area contributed by atoms with E-state index in [1.807, 2.05) is 0 Å². The number of non-ortho nitro benzene ring substituents is 1. The van der Waals surface area contributed by atoms with Crippen LogP contribution in [0.2, 0.25) is 0 Å². The molecule has 2 aromatic rings. The van der Waals surface area contributed by atoms with Gasteiger partial charge in [-0.1, -0.05) is 5.10 Å². The van der Waals surface area contributed by atoms with Gasteiger partial charge in [-0.25, -0.2) is 5.43 Å².